The molecule has 1 aliphatic rings. The summed E-state index contributed by atoms with van der Waals surface area (Å²) in [5.41, 5.74) is -0.109. The Balaban J connectivity index is 2.66. The second kappa shape index (κ2) is 5.28. The summed E-state index contributed by atoms with van der Waals surface area (Å²) in [4.78, 5) is 2.15. The van der Waals surface area contributed by atoms with Gasteiger partial charge < -0.3 is 14.7 Å². The maximum Gasteiger partial charge on any atom is 0.0750 e. The van der Waals surface area contributed by atoms with Crippen molar-refractivity contribution in [2.75, 3.05) is 27.3 Å². The number of hydrogen-bond donors (Lipinski definition) is 1. The van der Waals surface area contributed by atoms with Crippen molar-refractivity contribution in [1.82, 2.24) is 4.90 Å². The maximum absolute atomic E-state index is 10.5. The van der Waals surface area contributed by atoms with E-state index in [1.54, 1.807) is 0 Å². The van der Waals surface area contributed by atoms with Gasteiger partial charge in [-0.05, 0) is 46.2 Å². The van der Waals surface area contributed by atoms with Gasteiger partial charge in [0.05, 0.1) is 6.10 Å². The van der Waals surface area contributed by atoms with Gasteiger partial charge in [0.25, 0.3) is 0 Å². The first-order chi connectivity index (χ1) is 7.02. The standard InChI is InChI=1S/C12H25NO2/c1-5-12(2,13(3)4)11(14)10-6-8-15-9-7-10/h10-11,14H,5-9H2,1-4H3. The fourth-order valence-corrected chi connectivity index (χ4v) is 2.33. The van der Waals surface area contributed by atoms with Crippen molar-refractivity contribution in [2.45, 2.75) is 44.8 Å². The average molecular weight is 215 g/mol. The minimum atomic E-state index is -0.249. The summed E-state index contributed by atoms with van der Waals surface area (Å²) in [5.74, 6) is 0.395. The normalized spacial score (nSPS) is 25.2. The smallest absolute Gasteiger partial charge is 0.0750 e. The van der Waals surface area contributed by atoms with Crippen molar-refractivity contribution in [3.8, 4) is 0 Å². The van der Waals surface area contributed by atoms with E-state index in [1.165, 1.54) is 0 Å². The van der Waals surface area contributed by atoms with E-state index in [1.807, 2.05) is 14.1 Å². The molecular formula is C12H25NO2. The molecule has 1 aliphatic heterocycles. The molecule has 0 saturated carbocycles. The SMILES string of the molecule is CCC(C)(C(O)C1CCOCC1)N(C)C. The predicted molar refractivity (Wildman–Crippen MR) is 61.9 cm³/mol. The van der Waals surface area contributed by atoms with Crippen LogP contribution in [0, 0.1) is 5.92 Å². The average Bonchev–Trinajstić information content (AvgIpc) is 2.28. The summed E-state index contributed by atoms with van der Waals surface area (Å²) in [6.07, 6.45) is 2.70. The van der Waals surface area contributed by atoms with Gasteiger partial charge in [0, 0.05) is 18.8 Å². The Morgan fingerprint density at radius 1 is 1.40 bits per heavy atom. The van der Waals surface area contributed by atoms with Crippen molar-refractivity contribution in [1.29, 1.82) is 0 Å². The Morgan fingerprint density at radius 2 is 1.93 bits per heavy atom. The topological polar surface area (TPSA) is 32.7 Å². The molecule has 0 aromatic carbocycles. The minimum absolute atomic E-state index is 0.109. The quantitative estimate of drug-likeness (QED) is 0.771. The van der Waals surface area contributed by atoms with E-state index in [-0.39, 0.29) is 11.6 Å². The molecule has 0 amide bonds. The summed E-state index contributed by atoms with van der Waals surface area (Å²) in [7, 11) is 4.10. The van der Waals surface area contributed by atoms with Crippen LogP contribution in [0.15, 0.2) is 0 Å². The highest BCUT2D eigenvalue weighted by Crippen LogP contribution is 2.31. The lowest BCUT2D eigenvalue weighted by Crippen LogP contribution is -2.54. The molecule has 0 spiro atoms. The highest BCUT2D eigenvalue weighted by Gasteiger charge is 2.38. The fraction of sp³-hybridized carbons (Fsp3) is 1.00. The van der Waals surface area contributed by atoms with Crippen molar-refractivity contribution in [2.24, 2.45) is 5.92 Å². The molecule has 0 aliphatic carbocycles. The molecule has 3 heteroatoms. The molecule has 1 fully saturated rings. The zero-order chi connectivity index (χ0) is 11.5. The number of ether oxygens (including phenoxy) is 1. The van der Waals surface area contributed by atoms with E-state index >= 15 is 0 Å². The molecule has 1 heterocycles. The monoisotopic (exact) mass is 215 g/mol. The summed E-state index contributed by atoms with van der Waals surface area (Å²) in [5, 5.41) is 10.5. The van der Waals surface area contributed by atoms with Gasteiger partial charge in [-0.25, -0.2) is 0 Å². The first kappa shape index (κ1) is 12.9. The van der Waals surface area contributed by atoms with Crippen LogP contribution in [-0.4, -0.2) is 49.0 Å². The van der Waals surface area contributed by atoms with E-state index in [2.05, 4.69) is 18.7 Å². The van der Waals surface area contributed by atoms with Gasteiger partial charge in [0.1, 0.15) is 0 Å². The number of nitrogens with zero attached hydrogens (tertiary/aromatic N) is 1. The molecule has 1 N–H and O–H groups in total. The Morgan fingerprint density at radius 3 is 2.33 bits per heavy atom. The Kier molecular flexibility index (Phi) is 4.56. The van der Waals surface area contributed by atoms with E-state index in [0.29, 0.717) is 5.92 Å². The van der Waals surface area contributed by atoms with Crippen LogP contribution in [0.25, 0.3) is 0 Å². The summed E-state index contributed by atoms with van der Waals surface area (Å²) in [6.45, 7) is 5.89. The number of aliphatic hydroxyl groups excluding tert-OH is 1. The largest absolute Gasteiger partial charge is 0.391 e. The lowest BCUT2D eigenvalue weighted by molar-refractivity contribution is -0.0658. The number of likely N-dealkylation sites (N-methyl/N-ethyl adjacent to an activating group) is 1. The molecule has 1 saturated heterocycles. The van der Waals surface area contributed by atoms with Gasteiger partial charge in [-0.2, -0.15) is 0 Å². The molecule has 90 valence electrons. The number of hydrogen-bond acceptors (Lipinski definition) is 3. The van der Waals surface area contributed by atoms with E-state index in [9.17, 15) is 5.11 Å². The Labute approximate surface area is 93.4 Å². The summed E-state index contributed by atoms with van der Waals surface area (Å²) in [6, 6.07) is 0. The number of aliphatic hydroxyl groups is 1. The van der Waals surface area contributed by atoms with Crippen LogP contribution in [0.1, 0.15) is 33.1 Å². The summed E-state index contributed by atoms with van der Waals surface area (Å²) >= 11 is 0. The molecular weight excluding hydrogens is 190 g/mol. The highest BCUT2D eigenvalue weighted by atomic mass is 16.5. The second-order valence-corrected chi connectivity index (χ2v) is 5.00. The first-order valence-corrected chi connectivity index (χ1v) is 5.95. The zero-order valence-corrected chi connectivity index (χ0v) is 10.5. The van der Waals surface area contributed by atoms with Gasteiger partial charge in [-0.15, -0.1) is 0 Å². The van der Waals surface area contributed by atoms with Crippen LogP contribution in [-0.2, 0) is 4.74 Å². The third kappa shape index (κ3) is 2.71. The van der Waals surface area contributed by atoms with Crippen molar-refractivity contribution in [3.63, 3.8) is 0 Å². The van der Waals surface area contributed by atoms with Crippen LogP contribution in [0.4, 0.5) is 0 Å². The van der Waals surface area contributed by atoms with Gasteiger partial charge in [0.15, 0.2) is 0 Å². The molecule has 15 heavy (non-hydrogen) atoms. The maximum atomic E-state index is 10.5. The van der Waals surface area contributed by atoms with E-state index < -0.39 is 0 Å². The fourth-order valence-electron chi connectivity index (χ4n) is 2.33. The van der Waals surface area contributed by atoms with E-state index in [4.69, 9.17) is 4.74 Å². The first-order valence-electron chi connectivity index (χ1n) is 5.95. The molecule has 2 unspecified atom stereocenters. The van der Waals surface area contributed by atoms with E-state index in [0.717, 1.165) is 32.5 Å². The molecule has 0 aromatic heterocycles. The Hall–Kier alpha value is -0.120. The van der Waals surface area contributed by atoms with Gasteiger partial charge in [-0.1, -0.05) is 6.92 Å². The molecule has 0 radical (unpaired) electrons. The second-order valence-electron chi connectivity index (χ2n) is 5.00. The van der Waals surface area contributed by atoms with Crippen LogP contribution in [0.5, 0.6) is 0 Å². The highest BCUT2D eigenvalue weighted by molar-refractivity contribution is 4.93. The van der Waals surface area contributed by atoms with Gasteiger partial charge >= 0.3 is 0 Å². The van der Waals surface area contributed by atoms with Crippen LogP contribution in [0.3, 0.4) is 0 Å². The number of rotatable bonds is 4. The minimum Gasteiger partial charge on any atom is -0.391 e. The van der Waals surface area contributed by atoms with Gasteiger partial charge in [-0.3, -0.25) is 0 Å². The molecule has 0 bridgehead atoms. The summed E-state index contributed by atoms with van der Waals surface area (Å²) < 4.78 is 5.33. The van der Waals surface area contributed by atoms with Crippen molar-refractivity contribution >= 4 is 0 Å². The molecule has 1 rings (SSSR count). The lowest BCUT2D eigenvalue weighted by Gasteiger charge is -2.44. The molecule has 0 aromatic rings. The van der Waals surface area contributed by atoms with Crippen molar-refractivity contribution in [3.05, 3.63) is 0 Å². The lowest BCUT2D eigenvalue weighted by atomic mass is 9.79. The van der Waals surface area contributed by atoms with Crippen molar-refractivity contribution < 1.29 is 9.84 Å². The third-order valence-electron chi connectivity index (χ3n) is 4.09. The van der Waals surface area contributed by atoms with Crippen LogP contribution < -0.4 is 0 Å². The van der Waals surface area contributed by atoms with Gasteiger partial charge in [0.2, 0.25) is 0 Å². The predicted octanol–water partition coefficient (Wildman–Crippen LogP) is 1.50. The molecule has 2 atom stereocenters. The third-order valence-corrected chi connectivity index (χ3v) is 4.09. The molecule has 3 nitrogen and oxygen atoms in total. The Bertz CT molecular complexity index is 190. The van der Waals surface area contributed by atoms with Crippen LogP contribution in [0.2, 0.25) is 0 Å². The zero-order valence-electron chi connectivity index (χ0n) is 10.5. The van der Waals surface area contributed by atoms with Crippen LogP contribution >= 0.6 is 0 Å².